The fourth-order valence-corrected chi connectivity index (χ4v) is 2.22. The highest BCUT2D eigenvalue weighted by Crippen LogP contribution is 2.09. The highest BCUT2D eigenvalue weighted by molar-refractivity contribution is 5.94. The lowest BCUT2D eigenvalue weighted by Crippen LogP contribution is -2.24. The second-order valence-corrected chi connectivity index (χ2v) is 5.40. The van der Waals surface area contributed by atoms with Crippen molar-refractivity contribution in [3.63, 3.8) is 0 Å². The molecule has 0 radical (unpaired) electrons. The molecule has 9 heteroatoms. The van der Waals surface area contributed by atoms with Crippen LogP contribution in [0.1, 0.15) is 27.4 Å². The SMILES string of the molecule is Cc1ncc(Cn2cc(CNC(=O)c3ccccc3F)nn2)c(N)n1. The molecule has 0 bridgehead atoms. The normalized spacial score (nSPS) is 10.6. The lowest BCUT2D eigenvalue weighted by atomic mass is 10.2. The molecule has 3 rings (SSSR count). The largest absolute Gasteiger partial charge is 0.383 e. The fraction of sp³-hybridized carbons (Fsp3) is 0.188. The zero-order chi connectivity index (χ0) is 17.8. The summed E-state index contributed by atoms with van der Waals surface area (Å²) in [5, 5.41) is 10.6. The van der Waals surface area contributed by atoms with Crippen LogP contribution in [0.15, 0.2) is 36.7 Å². The first-order valence-electron chi connectivity index (χ1n) is 7.52. The second-order valence-electron chi connectivity index (χ2n) is 5.40. The van der Waals surface area contributed by atoms with E-state index in [2.05, 4.69) is 25.6 Å². The molecular formula is C16H16FN7O. The van der Waals surface area contributed by atoms with E-state index >= 15 is 0 Å². The summed E-state index contributed by atoms with van der Waals surface area (Å²) >= 11 is 0. The van der Waals surface area contributed by atoms with E-state index in [1.165, 1.54) is 18.2 Å². The van der Waals surface area contributed by atoms with Gasteiger partial charge >= 0.3 is 0 Å². The standard InChI is InChI=1S/C16H16FN7O/c1-10-19-6-11(15(18)21-10)8-24-9-12(22-23-24)7-20-16(25)13-4-2-3-5-14(13)17/h2-6,9H,7-8H2,1H3,(H,20,25)(H2,18,19,21). The first-order chi connectivity index (χ1) is 12.0. The molecule has 2 heterocycles. The van der Waals surface area contributed by atoms with Gasteiger partial charge in [0.2, 0.25) is 0 Å². The van der Waals surface area contributed by atoms with E-state index in [0.717, 1.165) is 5.56 Å². The van der Waals surface area contributed by atoms with Gasteiger partial charge in [-0.3, -0.25) is 4.79 Å². The van der Waals surface area contributed by atoms with Gasteiger partial charge in [0.05, 0.1) is 24.8 Å². The Morgan fingerprint density at radius 1 is 1.36 bits per heavy atom. The van der Waals surface area contributed by atoms with Crippen molar-refractivity contribution in [2.45, 2.75) is 20.0 Å². The topological polar surface area (TPSA) is 112 Å². The van der Waals surface area contributed by atoms with Gasteiger partial charge in [0.25, 0.3) is 5.91 Å². The van der Waals surface area contributed by atoms with Crippen LogP contribution < -0.4 is 11.1 Å². The number of hydrogen-bond acceptors (Lipinski definition) is 6. The number of carbonyl (C=O) groups is 1. The maximum Gasteiger partial charge on any atom is 0.254 e. The van der Waals surface area contributed by atoms with Crippen molar-refractivity contribution < 1.29 is 9.18 Å². The van der Waals surface area contributed by atoms with Crippen molar-refractivity contribution in [3.8, 4) is 0 Å². The minimum atomic E-state index is -0.571. The minimum Gasteiger partial charge on any atom is -0.383 e. The maximum absolute atomic E-state index is 13.6. The van der Waals surface area contributed by atoms with Crippen LogP contribution in [-0.4, -0.2) is 30.9 Å². The Labute approximate surface area is 142 Å². The first kappa shape index (κ1) is 16.5. The number of amides is 1. The van der Waals surface area contributed by atoms with Gasteiger partial charge in [-0.15, -0.1) is 5.10 Å². The molecule has 0 atom stereocenters. The molecule has 128 valence electrons. The monoisotopic (exact) mass is 341 g/mol. The van der Waals surface area contributed by atoms with Crippen molar-refractivity contribution >= 4 is 11.7 Å². The smallest absolute Gasteiger partial charge is 0.254 e. The van der Waals surface area contributed by atoms with Crippen molar-refractivity contribution in [2.24, 2.45) is 0 Å². The van der Waals surface area contributed by atoms with E-state index < -0.39 is 11.7 Å². The summed E-state index contributed by atoms with van der Waals surface area (Å²) in [7, 11) is 0. The number of aryl methyl sites for hydroxylation is 1. The quantitative estimate of drug-likeness (QED) is 0.718. The molecule has 0 spiro atoms. The van der Waals surface area contributed by atoms with E-state index in [0.29, 0.717) is 23.9 Å². The number of nitrogens with two attached hydrogens (primary N) is 1. The van der Waals surface area contributed by atoms with Crippen molar-refractivity contribution in [2.75, 3.05) is 5.73 Å². The Balaban J connectivity index is 1.62. The van der Waals surface area contributed by atoms with Crippen molar-refractivity contribution in [1.29, 1.82) is 0 Å². The predicted molar refractivity (Wildman–Crippen MR) is 87.9 cm³/mol. The lowest BCUT2D eigenvalue weighted by Gasteiger charge is -2.04. The van der Waals surface area contributed by atoms with Gasteiger partial charge in [0.15, 0.2) is 0 Å². The summed E-state index contributed by atoms with van der Waals surface area (Å²) in [4.78, 5) is 20.2. The molecule has 0 aliphatic rings. The molecule has 3 aromatic rings. The van der Waals surface area contributed by atoms with Crippen LogP contribution in [-0.2, 0) is 13.1 Å². The van der Waals surface area contributed by atoms with E-state index in [4.69, 9.17) is 5.73 Å². The van der Waals surface area contributed by atoms with Gasteiger partial charge in [-0.1, -0.05) is 17.3 Å². The molecule has 0 unspecified atom stereocenters. The number of halogens is 1. The highest BCUT2D eigenvalue weighted by Gasteiger charge is 2.11. The van der Waals surface area contributed by atoms with Gasteiger partial charge in [-0.2, -0.15) is 0 Å². The molecule has 1 amide bonds. The van der Waals surface area contributed by atoms with E-state index in [1.54, 1.807) is 30.1 Å². The molecule has 3 N–H and O–H groups in total. The third-order valence-electron chi connectivity index (χ3n) is 3.49. The number of aromatic nitrogens is 5. The third kappa shape index (κ3) is 3.94. The molecule has 0 fully saturated rings. The number of anilines is 1. The Kier molecular flexibility index (Phi) is 4.64. The predicted octanol–water partition coefficient (Wildman–Crippen LogP) is 1.08. The van der Waals surface area contributed by atoms with Crippen LogP contribution in [0.5, 0.6) is 0 Å². The van der Waals surface area contributed by atoms with Crippen molar-refractivity contribution in [1.82, 2.24) is 30.3 Å². The van der Waals surface area contributed by atoms with Crippen LogP contribution in [0.2, 0.25) is 0 Å². The van der Waals surface area contributed by atoms with Gasteiger partial charge in [0, 0.05) is 11.8 Å². The Hall–Kier alpha value is -3.36. The average Bonchev–Trinajstić information content (AvgIpc) is 3.03. The van der Waals surface area contributed by atoms with Crippen LogP contribution >= 0.6 is 0 Å². The summed E-state index contributed by atoms with van der Waals surface area (Å²) in [6, 6.07) is 5.78. The first-order valence-corrected chi connectivity index (χ1v) is 7.52. The van der Waals surface area contributed by atoms with Crippen LogP contribution in [0.3, 0.4) is 0 Å². The van der Waals surface area contributed by atoms with Gasteiger partial charge in [-0.05, 0) is 19.1 Å². The Morgan fingerprint density at radius 3 is 2.92 bits per heavy atom. The number of carbonyl (C=O) groups excluding carboxylic acids is 1. The molecular weight excluding hydrogens is 325 g/mol. The molecule has 0 aliphatic carbocycles. The number of nitrogen functional groups attached to an aromatic ring is 1. The summed E-state index contributed by atoms with van der Waals surface area (Å²) in [6.07, 6.45) is 3.31. The Bertz CT molecular complexity index is 909. The summed E-state index contributed by atoms with van der Waals surface area (Å²) in [6.45, 7) is 2.25. The fourth-order valence-electron chi connectivity index (χ4n) is 2.22. The average molecular weight is 341 g/mol. The van der Waals surface area contributed by atoms with E-state index in [9.17, 15) is 9.18 Å². The highest BCUT2D eigenvalue weighted by atomic mass is 19.1. The van der Waals surface area contributed by atoms with Gasteiger partial charge in [-0.25, -0.2) is 19.0 Å². The molecule has 8 nitrogen and oxygen atoms in total. The second kappa shape index (κ2) is 7.04. The molecule has 0 saturated heterocycles. The zero-order valence-electron chi connectivity index (χ0n) is 13.5. The van der Waals surface area contributed by atoms with Crippen LogP contribution in [0.4, 0.5) is 10.2 Å². The Morgan fingerprint density at radius 2 is 2.16 bits per heavy atom. The van der Waals surface area contributed by atoms with E-state index in [-0.39, 0.29) is 12.1 Å². The van der Waals surface area contributed by atoms with Gasteiger partial charge < -0.3 is 11.1 Å². The number of nitrogens with one attached hydrogen (secondary N) is 1. The summed E-state index contributed by atoms with van der Waals surface area (Å²) in [5.41, 5.74) is 7.09. The molecule has 2 aromatic heterocycles. The minimum absolute atomic E-state index is 0.0144. The van der Waals surface area contributed by atoms with Crippen LogP contribution in [0.25, 0.3) is 0 Å². The maximum atomic E-state index is 13.6. The molecule has 25 heavy (non-hydrogen) atoms. The van der Waals surface area contributed by atoms with Crippen molar-refractivity contribution in [3.05, 3.63) is 65.1 Å². The molecule has 0 saturated carbocycles. The molecule has 0 aliphatic heterocycles. The van der Waals surface area contributed by atoms with E-state index in [1.807, 2.05) is 0 Å². The number of nitrogens with zero attached hydrogens (tertiary/aromatic N) is 5. The number of benzene rings is 1. The van der Waals surface area contributed by atoms with Gasteiger partial charge in [0.1, 0.15) is 23.2 Å². The number of rotatable bonds is 5. The summed E-state index contributed by atoms with van der Waals surface area (Å²) in [5.74, 6) is -0.101. The lowest BCUT2D eigenvalue weighted by molar-refractivity contribution is 0.0946. The molecule has 1 aromatic carbocycles. The zero-order valence-corrected chi connectivity index (χ0v) is 13.5. The third-order valence-corrected chi connectivity index (χ3v) is 3.49. The number of hydrogen-bond donors (Lipinski definition) is 2. The van der Waals surface area contributed by atoms with Crippen LogP contribution in [0, 0.1) is 12.7 Å². The summed E-state index contributed by atoms with van der Waals surface area (Å²) < 4.78 is 15.1.